The van der Waals surface area contributed by atoms with Crippen LogP contribution < -0.4 is 5.32 Å². The van der Waals surface area contributed by atoms with Crippen molar-refractivity contribution < 1.29 is 14.3 Å². The minimum Gasteiger partial charge on any atom is -0.462 e. The van der Waals surface area contributed by atoms with Crippen molar-refractivity contribution in [1.29, 1.82) is 0 Å². The van der Waals surface area contributed by atoms with Crippen molar-refractivity contribution in [3.05, 3.63) is 59.7 Å². The molecule has 3 aromatic rings. The molecule has 0 aliphatic rings. The molecule has 0 atom stereocenters. The summed E-state index contributed by atoms with van der Waals surface area (Å²) < 4.78 is 6.56. The molecule has 0 aliphatic heterocycles. The largest absolute Gasteiger partial charge is 0.462 e. The molecule has 0 fully saturated rings. The normalized spacial score (nSPS) is 10.5. The second-order valence-corrected chi connectivity index (χ2v) is 6.79. The Hall–Kier alpha value is -3.20. The number of benzene rings is 2. The number of nitrogens with one attached hydrogen (secondary N) is 1. The quantitative estimate of drug-likeness (QED) is 0.483. The maximum Gasteiger partial charge on any atom is 0.338 e. The van der Waals surface area contributed by atoms with E-state index in [0.717, 1.165) is 11.3 Å². The van der Waals surface area contributed by atoms with Gasteiger partial charge in [0.15, 0.2) is 0 Å². The average molecular weight is 397 g/mol. The molecule has 144 valence electrons. The summed E-state index contributed by atoms with van der Waals surface area (Å²) in [5, 5.41) is 14.9. The number of hydrogen-bond donors (Lipinski definition) is 1. The van der Waals surface area contributed by atoms with E-state index in [-0.39, 0.29) is 11.7 Å². The highest BCUT2D eigenvalue weighted by molar-refractivity contribution is 7.99. The number of carbonyl (C=O) groups excluding carboxylic acids is 2. The summed E-state index contributed by atoms with van der Waals surface area (Å²) in [7, 11) is 0. The summed E-state index contributed by atoms with van der Waals surface area (Å²) in [5.74, 6) is -0.536. The van der Waals surface area contributed by atoms with E-state index in [9.17, 15) is 9.59 Å². The van der Waals surface area contributed by atoms with Gasteiger partial charge in [0.25, 0.3) is 0 Å². The molecule has 0 radical (unpaired) electrons. The Bertz CT molecular complexity index is 989. The second kappa shape index (κ2) is 9.14. The first-order valence-electron chi connectivity index (χ1n) is 8.62. The molecular weight excluding hydrogens is 378 g/mol. The summed E-state index contributed by atoms with van der Waals surface area (Å²) in [5.41, 5.74) is 2.82. The molecule has 0 spiro atoms. The van der Waals surface area contributed by atoms with Gasteiger partial charge in [0.05, 0.1) is 23.6 Å². The SMILES string of the molecule is CCOC(=O)c1cccc(NC(=O)CSc2nnnn2-c2cccc(C)c2)c1. The molecule has 0 saturated carbocycles. The molecule has 8 nitrogen and oxygen atoms in total. The van der Waals surface area contributed by atoms with Crippen molar-refractivity contribution in [2.24, 2.45) is 0 Å². The first-order valence-corrected chi connectivity index (χ1v) is 9.60. The van der Waals surface area contributed by atoms with Gasteiger partial charge in [0, 0.05) is 5.69 Å². The first-order chi connectivity index (χ1) is 13.6. The van der Waals surface area contributed by atoms with Crippen LogP contribution in [0.2, 0.25) is 0 Å². The monoisotopic (exact) mass is 397 g/mol. The summed E-state index contributed by atoms with van der Waals surface area (Å²) in [4.78, 5) is 24.1. The van der Waals surface area contributed by atoms with Crippen LogP contribution in [0.3, 0.4) is 0 Å². The number of rotatable bonds is 7. The van der Waals surface area contributed by atoms with Crippen molar-refractivity contribution in [1.82, 2.24) is 20.2 Å². The molecule has 2 aromatic carbocycles. The van der Waals surface area contributed by atoms with E-state index in [1.54, 1.807) is 35.9 Å². The molecule has 28 heavy (non-hydrogen) atoms. The molecule has 0 aliphatic carbocycles. The van der Waals surface area contributed by atoms with Gasteiger partial charge in [-0.05, 0) is 60.2 Å². The van der Waals surface area contributed by atoms with Crippen LogP contribution in [-0.2, 0) is 9.53 Å². The number of aromatic nitrogens is 4. The lowest BCUT2D eigenvalue weighted by atomic mass is 10.2. The van der Waals surface area contributed by atoms with Gasteiger partial charge in [0.1, 0.15) is 0 Å². The first kappa shape index (κ1) is 19.6. The van der Waals surface area contributed by atoms with Crippen molar-refractivity contribution in [3.8, 4) is 5.69 Å². The van der Waals surface area contributed by atoms with E-state index >= 15 is 0 Å². The number of thioether (sulfide) groups is 1. The Labute approximate surface area is 166 Å². The Balaban J connectivity index is 1.62. The lowest BCUT2D eigenvalue weighted by Crippen LogP contribution is -2.15. The van der Waals surface area contributed by atoms with Crippen LogP contribution >= 0.6 is 11.8 Å². The van der Waals surface area contributed by atoms with E-state index in [1.165, 1.54) is 11.8 Å². The third-order valence-electron chi connectivity index (χ3n) is 3.68. The highest BCUT2D eigenvalue weighted by atomic mass is 32.2. The van der Waals surface area contributed by atoms with Crippen LogP contribution in [0.5, 0.6) is 0 Å². The number of ether oxygens (including phenoxy) is 1. The molecule has 0 unspecified atom stereocenters. The summed E-state index contributed by atoms with van der Waals surface area (Å²) in [6.07, 6.45) is 0. The fourth-order valence-electron chi connectivity index (χ4n) is 2.46. The third kappa shape index (κ3) is 4.95. The lowest BCUT2D eigenvalue weighted by Gasteiger charge is -2.08. The van der Waals surface area contributed by atoms with E-state index in [2.05, 4.69) is 20.8 Å². The zero-order valence-electron chi connectivity index (χ0n) is 15.5. The van der Waals surface area contributed by atoms with Crippen LogP contribution in [0.25, 0.3) is 5.69 Å². The zero-order chi connectivity index (χ0) is 19.9. The van der Waals surface area contributed by atoms with E-state index < -0.39 is 5.97 Å². The van der Waals surface area contributed by atoms with Gasteiger partial charge in [-0.2, -0.15) is 4.68 Å². The molecule has 0 bridgehead atoms. The standard InChI is InChI=1S/C19H19N5O3S/c1-3-27-18(26)14-7-5-8-15(11-14)20-17(25)12-28-19-21-22-23-24(19)16-9-4-6-13(2)10-16/h4-11H,3,12H2,1-2H3,(H,20,25). The molecule has 1 amide bonds. The fourth-order valence-corrected chi connectivity index (χ4v) is 3.15. The third-order valence-corrected chi connectivity index (χ3v) is 4.60. The highest BCUT2D eigenvalue weighted by Gasteiger charge is 2.13. The number of amides is 1. The minimum absolute atomic E-state index is 0.121. The zero-order valence-corrected chi connectivity index (χ0v) is 16.3. The van der Waals surface area contributed by atoms with Gasteiger partial charge in [-0.25, -0.2) is 4.79 Å². The number of anilines is 1. The number of tetrazole rings is 1. The van der Waals surface area contributed by atoms with Crippen LogP contribution in [0.4, 0.5) is 5.69 Å². The highest BCUT2D eigenvalue weighted by Crippen LogP contribution is 2.19. The fraction of sp³-hybridized carbons (Fsp3) is 0.211. The van der Waals surface area contributed by atoms with Gasteiger partial charge >= 0.3 is 5.97 Å². The number of carbonyl (C=O) groups is 2. The van der Waals surface area contributed by atoms with Gasteiger partial charge in [-0.1, -0.05) is 30.0 Å². The smallest absolute Gasteiger partial charge is 0.338 e. The molecule has 1 aromatic heterocycles. The maximum atomic E-state index is 12.3. The van der Waals surface area contributed by atoms with Gasteiger partial charge in [-0.15, -0.1) is 5.10 Å². The van der Waals surface area contributed by atoms with Gasteiger partial charge < -0.3 is 10.1 Å². The van der Waals surface area contributed by atoms with Gasteiger partial charge in [-0.3, -0.25) is 4.79 Å². The predicted molar refractivity (Wildman–Crippen MR) is 106 cm³/mol. The summed E-state index contributed by atoms with van der Waals surface area (Å²) in [6, 6.07) is 14.4. The van der Waals surface area contributed by atoms with E-state index in [4.69, 9.17) is 4.74 Å². The maximum absolute atomic E-state index is 12.3. The topological polar surface area (TPSA) is 99.0 Å². The number of aryl methyl sites for hydroxylation is 1. The molecule has 0 saturated heterocycles. The van der Waals surface area contributed by atoms with Crippen LogP contribution in [0.15, 0.2) is 53.7 Å². The number of nitrogens with zero attached hydrogens (tertiary/aromatic N) is 4. The average Bonchev–Trinajstić information content (AvgIpc) is 3.15. The minimum atomic E-state index is -0.426. The van der Waals surface area contributed by atoms with Crippen molar-refractivity contribution in [2.75, 3.05) is 17.7 Å². The van der Waals surface area contributed by atoms with Crippen molar-refractivity contribution >= 4 is 29.3 Å². The molecule has 1 heterocycles. The van der Waals surface area contributed by atoms with E-state index in [1.807, 2.05) is 31.2 Å². The van der Waals surface area contributed by atoms with Crippen LogP contribution in [0, 0.1) is 6.92 Å². The number of hydrogen-bond acceptors (Lipinski definition) is 7. The molecule has 3 rings (SSSR count). The summed E-state index contributed by atoms with van der Waals surface area (Å²) in [6.45, 7) is 4.02. The molecule has 1 N–H and O–H groups in total. The Kier molecular flexibility index (Phi) is 6.38. The summed E-state index contributed by atoms with van der Waals surface area (Å²) >= 11 is 1.22. The van der Waals surface area contributed by atoms with Crippen molar-refractivity contribution in [2.45, 2.75) is 19.0 Å². The molecule has 9 heteroatoms. The van der Waals surface area contributed by atoms with Crippen LogP contribution in [-0.4, -0.2) is 44.4 Å². The van der Waals surface area contributed by atoms with Crippen LogP contribution in [0.1, 0.15) is 22.8 Å². The van der Waals surface area contributed by atoms with E-state index in [0.29, 0.717) is 23.0 Å². The Morgan fingerprint density at radius 2 is 2.00 bits per heavy atom. The molecular formula is C19H19N5O3S. The predicted octanol–water partition coefficient (Wildman–Crippen LogP) is 2.88. The number of esters is 1. The second-order valence-electron chi connectivity index (χ2n) is 5.85. The van der Waals surface area contributed by atoms with Gasteiger partial charge in [0.2, 0.25) is 11.1 Å². The lowest BCUT2D eigenvalue weighted by molar-refractivity contribution is -0.113. The van der Waals surface area contributed by atoms with Crippen molar-refractivity contribution in [3.63, 3.8) is 0 Å². The Morgan fingerprint density at radius 3 is 2.79 bits per heavy atom. The Morgan fingerprint density at radius 1 is 1.18 bits per heavy atom.